The van der Waals surface area contributed by atoms with Crippen LogP contribution in [0.25, 0.3) is 0 Å². The Balaban J connectivity index is 2.72. The van der Waals surface area contributed by atoms with Crippen molar-refractivity contribution in [2.45, 2.75) is 20.8 Å². The zero-order valence-electron chi connectivity index (χ0n) is 8.55. The van der Waals surface area contributed by atoms with E-state index in [2.05, 4.69) is 32.6 Å². The molecule has 0 saturated carbocycles. The predicted molar refractivity (Wildman–Crippen MR) is 56.2 cm³/mol. The molecule has 0 bridgehead atoms. The molecule has 0 fully saturated rings. The Kier molecular flexibility index (Phi) is 3.13. The fourth-order valence-electron chi connectivity index (χ4n) is 1.16. The molecule has 1 rings (SSSR count). The van der Waals surface area contributed by atoms with E-state index in [0.717, 1.165) is 11.3 Å². The molecule has 1 aromatic carbocycles. The van der Waals surface area contributed by atoms with Gasteiger partial charge >= 0.3 is 0 Å². The topological polar surface area (TPSA) is 9.23 Å². The number of rotatable bonds is 3. The summed E-state index contributed by atoms with van der Waals surface area (Å²) in [5, 5.41) is 0. The van der Waals surface area contributed by atoms with Crippen LogP contribution in [0.5, 0.6) is 5.75 Å². The highest BCUT2D eigenvalue weighted by molar-refractivity contribution is 5.35. The summed E-state index contributed by atoms with van der Waals surface area (Å²) < 4.78 is 5.55. The van der Waals surface area contributed by atoms with E-state index in [-0.39, 0.29) is 0 Å². The summed E-state index contributed by atoms with van der Waals surface area (Å²) in [6.45, 7) is 10.5. The Labute approximate surface area is 80.0 Å². The fraction of sp³-hybridized carbons (Fsp3) is 0.333. The van der Waals surface area contributed by atoms with E-state index in [1.54, 1.807) is 0 Å². The first-order valence-electron chi connectivity index (χ1n) is 4.44. The number of ether oxygens (including phenoxy) is 1. The molecule has 0 radical (unpaired) electrons. The van der Waals surface area contributed by atoms with Crippen LogP contribution in [0.15, 0.2) is 30.4 Å². The molecule has 1 heteroatoms. The quantitative estimate of drug-likeness (QED) is 0.642. The van der Waals surface area contributed by atoms with E-state index < -0.39 is 0 Å². The van der Waals surface area contributed by atoms with Gasteiger partial charge in [-0.2, -0.15) is 0 Å². The molecule has 13 heavy (non-hydrogen) atoms. The van der Waals surface area contributed by atoms with Crippen molar-refractivity contribution in [3.8, 4) is 5.75 Å². The second-order valence-electron chi connectivity index (χ2n) is 3.51. The van der Waals surface area contributed by atoms with Gasteiger partial charge in [0.15, 0.2) is 0 Å². The van der Waals surface area contributed by atoms with Crippen LogP contribution in [0.3, 0.4) is 0 Å². The molecule has 0 amide bonds. The van der Waals surface area contributed by atoms with Gasteiger partial charge in [-0.25, -0.2) is 0 Å². The maximum Gasteiger partial charge on any atom is 0.122 e. The van der Waals surface area contributed by atoms with Gasteiger partial charge in [0.2, 0.25) is 0 Å². The second kappa shape index (κ2) is 4.13. The van der Waals surface area contributed by atoms with Gasteiger partial charge in [0.25, 0.3) is 0 Å². The van der Waals surface area contributed by atoms with Gasteiger partial charge in [-0.15, -0.1) is 0 Å². The molecule has 0 saturated heterocycles. The van der Waals surface area contributed by atoms with Crippen molar-refractivity contribution in [2.24, 2.45) is 0 Å². The SMILES string of the molecule is C=C(C)COc1ccc(C)cc1C. The van der Waals surface area contributed by atoms with Crippen LogP contribution in [0.1, 0.15) is 18.1 Å². The number of hydrogen-bond donors (Lipinski definition) is 0. The van der Waals surface area contributed by atoms with E-state index in [4.69, 9.17) is 4.74 Å². The molecule has 0 aliphatic rings. The first-order chi connectivity index (χ1) is 6.09. The fourth-order valence-corrected chi connectivity index (χ4v) is 1.16. The summed E-state index contributed by atoms with van der Waals surface area (Å²) in [5.41, 5.74) is 3.49. The highest BCUT2D eigenvalue weighted by Gasteiger charge is 1.98. The van der Waals surface area contributed by atoms with Gasteiger partial charge in [-0.3, -0.25) is 0 Å². The first kappa shape index (κ1) is 9.85. The van der Waals surface area contributed by atoms with Crippen molar-refractivity contribution < 1.29 is 4.74 Å². The highest BCUT2D eigenvalue weighted by atomic mass is 16.5. The molecule has 70 valence electrons. The molecule has 1 aromatic rings. The number of hydrogen-bond acceptors (Lipinski definition) is 1. The minimum Gasteiger partial charge on any atom is -0.489 e. The molecule has 0 heterocycles. The zero-order chi connectivity index (χ0) is 9.84. The molecule has 1 nitrogen and oxygen atoms in total. The average Bonchev–Trinajstić information content (AvgIpc) is 2.02. The van der Waals surface area contributed by atoms with Gasteiger partial charge in [0, 0.05) is 0 Å². The lowest BCUT2D eigenvalue weighted by Gasteiger charge is -2.08. The summed E-state index contributed by atoms with van der Waals surface area (Å²) in [4.78, 5) is 0. The molecule has 0 spiro atoms. The lowest BCUT2D eigenvalue weighted by Crippen LogP contribution is -1.99. The van der Waals surface area contributed by atoms with E-state index in [0.29, 0.717) is 6.61 Å². The van der Waals surface area contributed by atoms with Crippen LogP contribution in [0.2, 0.25) is 0 Å². The Hall–Kier alpha value is -1.24. The van der Waals surface area contributed by atoms with Crippen molar-refractivity contribution in [3.63, 3.8) is 0 Å². The second-order valence-corrected chi connectivity index (χ2v) is 3.51. The maximum absolute atomic E-state index is 5.55. The minimum absolute atomic E-state index is 0.601. The van der Waals surface area contributed by atoms with E-state index >= 15 is 0 Å². The van der Waals surface area contributed by atoms with Crippen LogP contribution in [-0.2, 0) is 0 Å². The lowest BCUT2D eigenvalue weighted by atomic mass is 10.1. The molecular weight excluding hydrogens is 160 g/mol. The highest BCUT2D eigenvalue weighted by Crippen LogP contribution is 2.18. The summed E-state index contributed by atoms with van der Waals surface area (Å²) in [7, 11) is 0. The molecule has 0 aliphatic carbocycles. The largest absolute Gasteiger partial charge is 0.489 e. The molecular formula is C12H16O. The Morgan fingerprint density at radius 3 is 2.62 bits per heavy atom. The van der Waals surface area contributed by atoms with Gasteiger partial charge in [0.1, 0.15) is 12.4 Å². The van der Waals surface area contributed by atoms with Crippen molar-refractivity contribution in [3.05, 3.63) is 41.5 Å². The standard InChI is InChI=1S/C12H16O/c1-9(2)8-13-12-6-5-10(3)7-11(12)4/h5-7H,1,8H2,2-4H3. The van der Waals surface area contributed by atoms with Gasteiger partial charge in [-0.1, -0.05) is 24.3 Å². The van der Waals surface area contributed by atoms with Crippen molar-refractivity contribution in [1.82, 2.24) is 0 Å². The maximum atomic E-state index is 5.55. The normalized spacial score (nSPS) is 9.77. The molecule has 0 unspecified atom stereocenters. The van der Waals surface area contributed by atoms with Crippen molar-refractivity contribution in [2.75, 3.05) is 6.61 Å². The molecule has 0 N–H and O–H groups in total. The lowest BCUT2D eigenvalue weighted by molar-refractivity contribution is 0.350. The van der Waals surface area contributed by atoms with Gasteiger partial charge in [0.05, 0.1) is 0 Å². The third-order valence-corrected chi connectivity index (χ3v) is 1.80. The zero-order valence-corrected chi connectivity index (χ0v) is 8.55. The van der Waals surface area contributed by atoms with E-state index in [9.17, 15) is 0 Å². The van der Waals surface area contributed by atoms with E-state index in [1.807, 2.05) is 13.0 Å². The van der Waals surface area contributed by atoms with Crippen LogP contribution in [0, 0.1) is 13.8 Å². The summed E-state index contributed by atoms with van der Waals surface area (Å²) in [5.74, 6) is 0.952. The smallest absolute Gasteiger partial charge is 0.122 e. The Morgan fingerprint density at radius 2 is 2.08 bits per heavy atom. The third kappa shape index (κ3) is 2.94. The van der Waals surface area contributed by atoms with Crippen LogP contribution in [-0.4, -0.2) is 6.61 Å². The predicted octanol–water partition coefficient (Wildman–Crippen LogP) is 3.26. The number of aryl methyl sites for hydroxylation is 2. The molecule has 0 aromatic heterocycles. The van der Waals surface area contributed by atoms with E-state index in [1.165, 1.54) is 11.1 Å². The third-order valence-electron chi connectivity index (χ3n) is 1.80. The Bertz CT molecular complexity index is 313. The number of benzene rings is 1. The molecule has 0 aliphatic heterocycles. The van der Waals surface area contributed by atoms with Crippen molar-refractivity contribution >= 4 is 0 Å². The molecule has 0 atom stereocenters. The minimum atomic E-state index is 0.601. The Morgan fingerprint density at radius 1 is 1.38 bits per heavy atom. The van der Waals surface area contributed by atoms with Crippen molar-refractivity contribution in [1.29, 1.82) is 0 Å². The van der Waals surface area contributed by atoms with Crippen LogP contribution < -0.4 is 4.74 Å². The summed E-state index contributed by atoms with van der Waals surface area (Å²) in [6.07, 6.45) is 0. The van der Waals surface area contributed by atoms with Crippen LogP contribution in [0.4, 0.5) is 0 Å². The van der Waals surface area contributed by atoms with Crippen LogP contribution >= 0.6 is 0 Å². The van der Waals surface area contributed by atoms with Gasteiger partial charge < -0.3 is 4.74 Å². The van der Waals surface area contributed by atoms with Gasteiger partial charge in [-0.05, 0) is 38.0 Å². The summed E-state index contributed by atoms with van der Waals surface area (Å²) in [6, 6.07) is 6.18. The average molecular weight is 176 g/mol. The summed E-state index contributed by atoms with van der Waals surface area (Å²) >= 11 is 0. The monoisotopic (exact) mass is 176 g/mol. The first-order valence-corrected chi connectivity index (χ1v) is 4.44.